The molecule has 0 fully saturated rings. The first-order valence-corrected chi connectivity index (χ1v) is 9.16. The van der Waals surface area contributed by atoms with Crippen molar-refractivity contribution in [1.29, 1.82) is 0 Å². The second-order valence-corrected chi connectivity index (χ2v) is 6.72. The number of rotatable bonds is 4. The van der Waals surface area contributed by atoms with E-state index in [4.69, 9.17) is 4.74 Å². The fraction of sp³-hybridized carbons (Fsp3) is 0.0833. The number of hydrogen-bond acceptors (Lipinski definition) is 3. The number of amides is 1. The first kappa shape index (κ1) is 18.6. The van der Waals surface area contributed by atoms with Gasteiger partial charge in [-0.1, -0.05) is 29.8 Å². The monoisotopic (exact) mass is 386 g/mol. The number of methoxy groups -OCH3 is 1. The van der Waals surface area contributed by atoms with Crippen LogP contribution in [0.4, 0.5) is 10.1 Å². The number of benzene rings is 3. The molecule has 4 nitrogen and oxygen atoms in total. The lowest BCUT2D eigenvalue weighted by molar-refractivity contribution is -0.113. The maximum atomic E-state index is 13.4. The van der Waals surface area contributed by atoms with Gasteiger partial charge >= 0.3 is 0 Å². The van der Waals surface area contributed by atoms with Gasteiger partial charge < -0.3 is 4.74 Å². The number of carbonyl (C=O) groups excluding carboxylic acids is 1. The van der Waals surface area contributed by atoms with Crippen LogP contribution in [0.15, 0.2) is 83.5 Å². The van der Waals surface area contributed by atoms with Crippen LogP contribution in [0.2, 0.25) is 0 Å². The van der Waals surface area contributed by atoms with E-state index in [1.807, 2.05) is 55.5 Å². The van der Waals surface area contributed by atoms with Crippen LogP contribution in [0.25, 0.3) is 6.08 Å². The average molecular weight is 386 g/mol. The summed E-state index contributed by atoms with van der Waals surface area (Å²) in [4.78, 5) is 19.4. The predicted molar refractivity (Wildman–Crippen MR) is 113 cm³/mol. The first-order valence-electron chi connectivity index (χ1n) is 9.16. The molecule has 0 aromatic heterocycles. The summed E-state index contributed by atoms with van der Waals surface area (Å²) in [5, 5.41) is 0. The number of amidine groups is 1. The van der Waals surface area contributed by atoms with Crippen LogP contribution in [0.1, 0.15) is 16.7 Å². The van der Waals surface area contributed by atoms with Gasteiger partial charge in [-0.2, -0.15) is 0 Å². The number of nitrogens with zero attached hydrogens (tertiary/aromatic N) is 2. The minimum atomic E-state index is -0.340. The zero-order valence-electron chi connectivity index (χ0n) is 16.1. The van der Waals surface area contributed by atoms with E-state index in [0.717, 1.165) is 11.1 Å². The van der Waals surface area contributed by atoms with Gasteiger partial charge in [0.2, 0.25) is 0 Å². The van der Waals surface area contributed by atoms with Crippen molar-refractivity contribution in [2.24, 2.45) is 4.99 Å². The lowest BCUT2D eigenvalue weighted by atomic mass is 10.1. The zero-order valence-corrected chi connectivity index (χ0v) is 16.1. The Balaban J connectivity index is 1.81. The Morgan fingerprint density at radius 3 is 2.41 bits per heavy atom. The number of aryl methyl sites for hydroxylation is 1. The minimum absolute atomic E-state index is 0.240. The van der Waals surface area contributed by atoms with Gasteiger partial charge in [0.25, 0.3) is 5.91 Å². The lowest BCUT2D eigenvalue weighted by Gasteiger charge is -2.18. The van der Waals surface area contributed by atoms with Crippen LogP contribution in [-0.4, -0.2) is 18.9 Å². The molecule has 1 amide bonds. The van der Waals surface area contributed by atoms with E-state index >= 15 is 0 Å². The van der Waals surface area contributed by atoms with Crippen molar-refractivity contribution in [3.05, 3.63) is 101 Å². The third-order valence-electron chi connectivity index (χ3n) is 4.65. The van der Waals surface area contributed by atoms with Crippen molar-refractivity contribution < 1.29 is 13.9 Å². The quantitative estimate of drug-likeness (QED) is 0.594. The Bertz CT molecular complexity index is 1120. The van der Waals surface area contributed by atoms with E-state index in [1.165, 1.54) is 12.1 Å². The Hall–Kier alpha value is -3.73. The minimum Gasteiger partial charge on any atom is -0.497 e. The maximum Gasteiger partial charge on any atom is 0.282 e. The third-order valence-corrected chi connectivity index (χ3v) is 4.65. The van der Waals surface area contributed by atoms with Crippen LogP contribution < -0.4 is 9.64 Å². The number of carbonyl (C=O) groups is 1. The second kappa shape index (κ2) is 7.72. The van der Waals surface area contributed by atoms with Crippen molar-refractivity contribution in [2.75, 3.05) is 12.0 Å². The smallest absolute Gasteiger partial charge is 0.282 e. The van der Waals surface area contributed by atoms with Crippen molar-refractivity contribution in [3.63, 3.8) is 0 Å². The molecule has 0 unspecified atom stereocenters. The van der Waals surface area contributed by atoms with Crippen molar-refractivity contribution >= 4 is 23.5 Å². The molecule has 1 aliphatic rings. The van der Waals surface area contributed by atoms with Gasteiger partial charge in [-0.05, 0) is 67.1 Å². The molecule has 0 radical (unpaired) electrons. The molecule has 1 heterocycles. The van der Waals surface area contributed by atoms with E-state index in [-0.39, 0.29) is 11.7 Å². The summed E-state index contributed by atoms with van der Waals surface area (Å²) in [6, 6.07) is 21.0. The topological polar surface area (TPSA) is 41.9 Å². The summed E-state index contributed by atoms with van der Waals surface area (Å²) in [5.74, 6) is 0.583. The molecule has 3 aromatic carbocycles. The Morgan fingerprint density at radius 1 is 1.00 bits per heavy atom. The third kappa shape index (κ3) is 3.80. The maximum absolute atomic E-state index is 13.4. The van der Waals surface area contributed by atoms with Gasteiger partial charge in [-0.25, -0.2) is 9.38 Å². The SMILES string of the molecule is COc1cccc(/C=C2/N=C(c3ccc(F)cc3)N(c3ccc(C)cc3)C2=O)c1. The lowest BCUT2D eigenvalue weighted by Crippen LogP contribution is -2.32. The van der Waals surface area contributed by atoms with E-state index in [1.54, 1.807) is 30.2 Å². The van der Waals surface area contributed by atoms with Crippen LogP contribution in [-0.2, 0) is 4.79 Å². The molecule has 5 heteroatoms. The Morgan fingerprint density at radius 2 is 1.72 bits per heavy atom. The molecule has 0 saturated heterocycles. The summed E-state index contributed by atoms with van der Waals surface area (Å²) in [6.45, 7) is 1.98. The van der Waals surface area contributed by atoms with Gasteiger partial charge in [-0.3, -0.25) is 9.69 Å². The molecule has 0 aliphatic carbocycles. The Kier molecular flexibility index (Phi) is 4.96. The van der Waals surface area contributed by atoms with Crippen molar-refractivity contribution in [3.8, 4) is 5.75 Å². The van der Waals surface area contributed by atoms with Crippen LogP contribution in [0.5, 0.6) is 5.75 Å². The standard InChI is InChI=1S/C24H19FN2O2/c1-16-6-12-20(13-7-16)27-23(18-8-10-19(25)11-9-18)26-22(24(27)28)15-17-4-3-5-21(14-17)29-2/h3-15H,1-2H3/b22-15+. The van der Waals surface area contributed by atoms with E-state index in [0.29, 0.717) is 28.5 Å². The van der Waals surface area contributed by atoms with Gasteiger partial charge in [0.05, 0.1) is 12.8 Å². The normalized spacial score (nSPS) is 15.0. The molecule has 3 aromatic rings. The van der Waals surface area contributed by atoms with Crippen LogP contribution >= 0.6 is 0 Å². The van der Waals surface area contributed by atoms with Gasteiger partial charge in [0.1, 0.15) is 23.1 Å². The van der Waals surface area contributed by atoms with Crippen molar-refractivity contribution in [2.45, 2.75) is 6.92 Å². The number of halogens is 1. The fourth-order valence-corrected chi connectivity index (χ4v) is 3.13. The van der Waals surface area contributed by atoms with E-state index < -0.39 is 0 Å². The van der Waals surface area contributed by atoms with E-state index in [9.17, 15) is 9.18 Å². The number of hydrogen-bond donors (Lipinski definition) is 0. The highest BCUT2D eigenvalue weighted by atomic mass is 19.1. The van der Waals surface area contributed by atoms with Crippen molar-refractivity contribution in [1.82, 2.24) is 0 Å². The van der Waals surface area contributed by atoms with E-state index in [2.05, 4.69) is 4.99 Å². The molecule has 0 saturated carbocycles. The highest BCUT2D eigenvalue weighted by Crippen LogP contribution is 2.28. The summed E-state index contributed by atoms with van der Waals surface area (Å²) >= 11 is 0. The summed E-state index contributed by atoms with van der Waals surface area (Å²) in [7, 11) is 1.59. The predicted octanol–water partition coefficient (Wildman–Crippen LogP) is 4.98. The summed E-state index contributed by atoms with van der Waals surface area (Å²) in [5.41, 5.74) is 3.57. The zero-order chi connectivity index (χ0) is 20.4. The Labute approximate surface area is 168 Å². The molecule has 4 rings (SSSR count). The molecule has 29 heavy (non-hydrogen) atoms. The molecule has 144 valence electrons. The largest absolute Gasteiger partial charge is 0.497 e. The van der Waals surface area contributed by atoms with Crippen LogP contribution in [0.3, 0.4) is 0 Å². The molecular formula is C24H19FN2O2. The summed E-state index contributed by atoms with van der Waals surface area (Å²) in [6.07, 6.45) is 1.72. The number of aliphatic imine (C=N–C) groups is 1. The molecule has 0 spiro atoms. The first-order chi connectivity index (χ1) is 14.0. The molecule has 1 aliphatic heterocycles. The fourth-order valence-electron chi connectivity index (χ4n) is 3.13. The molecule has 0 N–H and O–H groups in total. The number of ether oxygens (including phenoxy) is 1. The second-order valence-electron chi connectivity index (χ2n) is 6.72. The summed E-state index contributed by atoms with van der Waals surface area (Å²) < 4.78 is 18.7. The van der Waals surface area contributed by atoms with Crippen LogP contribution in [0, 0.1) is 12.7 Å². The molecule has 0 atom stereocenters. The van der Waals surface area contributed by atoms with Gasteiger partial charge in [0.15, 0.2) is 0 Å². The van der Waals surface area contributed by atoms with Gasteiger partial charge in [0, 0.05) is 5.56 Å². The van der Waals surface area contributed by atoms with Gasteiger partial charge in [-0.15, -0.1) is 0 Å². The molecule has 0 bridgehead atoms. The highest BCUT2D eigenvalue weighted by molar-refractivity contribution is 6.33. The molecular weight excluding hydrogens is 367 g/mol. The number of anilines is 1. The average Bonchev–Trinajstić information content (AvgIpc) is 3.05. The highest BCUT2D eigenvalue weighted by Gasteiger charge is 2.32.